The predicted molar refractivity (Wildman–Crippen MR) is 45.7 cm³/mol. The molecule has 0 spiro atoms. The van der Waals surface area contributed by atoms with Crippen molar-refractivity contribution in [2.24, 2.45) is 0 Å². The summed E-state index contributed by atoms with van der Waals surface area (Å²) in [5.41, 5.74) is 0. The van der Waals surface area contributed by atoms with E-state index in [0.29, 0.717) is 25.5 Å². The topological polar surface area (TPSA) is 43.4 Å². The molecule has 4 heteroatoms. The van der Waals surface area contributed by atoms with E-state index >= 15 is 0 Å². The molecule has 1 unspecified atom stereocenters. The third-order valence-electron chi connectivity index (χ3n) is 1.22. The zero-order valence-corrected chi connectivity index (χ0v) is 8.05. The van der Waals surface area contributed by atoms with Crippen LogP contribution in [-0.4, -0.2) is 24.9 Å². The number of hydrogen-bond donors (Lipinski definition) is 0. The molecule has 0 saturated carbocycles. The highest BCUT2D eigenvalue weighted by molar-refractivity contribution is 7.44. The van der Waals surface area contributed by atoms with Gasteiger partial charge in [-0.2, -0.15) is 0 Å². The Morgan fingerprint density at radius 1 is 1.55 bits per heavy atom. The van der Waals surface area contributed by atoms with Crippen molar-refractivity contribution >= 4 is 13.6 Å². The quantitative estimate of drug-likeness (QED) is 0.579. The zero-order valence-electron chi connectivity index (χ0n) is 7.05. The highest BCUT2D eigenvalue weighted by Crippen LogP contribution is 2.20. The minimum absolute atomic E-state index is 0.0971. The molecule has 0 N–H and O–H groups in total. The standard InChI is InChI=1S/C7H15O3P/c1-3-10-6-11(9)5-4-7(2)8/h11H,3-6H2,1-2H3. The average molecular weight is 178 g/mol. The van der Waals surface area contributed by atoms with Crippen LogP contribution in [0.1, 0.15) is 20.3 Å². The summed E-state index contributed by atoms with van der Waals surface area (Å²) in [5.74, 6) is 0.0971. The van der Waals surface area contributed by atoms with Crippen molar-refractivity contribution in [2.75, 3.05) is 19.1 Å². The van der Waals surface area contributed by atoms with Crippen molar-refractivity contribution in [3.8, 4) is 0 Å². The summed E-state index contributed by atoms with van der Waals surface area (Å²) in [6, 6.07) is 0. The van der Waals surface area contributed by atoms with Crippen LogP contribution in [0.2, 0.25) is 0 Å². The van der Waals surface area contributed by atoms with Gasteiger partial charge in [-0.05, 0) is 13.8 Å². The normalized spacial score (nSPS) is 12.9. The summed E-state index contributed by atoms with van der Waals surface area (Å²) in [6.07, 6.45) is 1.25. The molecule has 66 valence electrons. The number of carbonyl (C=O) groups excluding carboxylic acids is 1. The molecule has 0 rings (SSSR count). The van der Waals surface area contributed by atoms with E-state index in [1.54, 1.807) is 0 Å². The van der Waals surface area contributed by atoms with Crippen LogP contribution in [0.25, 0.3) is 0 Å². The number of carbonyl (C=O) groups is 1. The van der Waals surface area contributed by atoms with Crippen molar-refractivity contribution < 1.29 is 14.1 Å². The van der Waals surface area contributed by atoms with Crippen molar-refractivity contribution in [3.05, 3.63) is 0 Å². The molecule has 3 nitrogen and oxygen atoms in total. The molecule has 0 heterocycles. The third-order valence-corrected chi connectivity index (χ3v) is 2.56. The Bertz CT molecular complexity index is 145. The smallest absolute Gasteiger partial charge is 0.130 e. The van der Waals surface area contributed by atoms with E-state index in [2.05, 4.69) is 0 Å². The van der Waals surface area contributed by atoms with Crippen LogP contribution in [0.15, 0.2) is 0 Å². The number of rotatable bonds is 6. The fraction of sp³-hybridized carbons (Fsp3) is 0.857. The van der Waals surface area contributed by atoms with Crippen LogP contribution in [0.4, 0.5) is 0 Å². The van der Waals surface area contributed by atoms with Gasteiger partial charge in [-0.1, -0.05) is 0 Å². The molecule has 11 heavy (non-hydrogen) atoms. The maximum absolute atomic E-state index is 11.0. The van der Waals surface area contributed by atoms with Crippen molar-refractivity contribution in [1.29, 1.82) is 0 Å². The molecule has 0 saturated heterocycles. The Balaban J connectivity index is 3.30. The summed E-state index contributed by atoms with van der Waals surface area (Å²) in [6.45, 7) is 3.96. The average Bonchev–Trinajstić information content (AvgIpc) is 1.97. The van der Waals surface area contributed by atoms with Gasteiger partial charge >= 0.3 is 0 Å². The molecule has 0 aliphatic rings. The molecule has 0 bridgehead atoms. The summed E-state index contributed by atoms with van der Waals surface area (Å²) >= 11 is 0. The zero-order chi connectivity index (χ0) is 8.69. The second-order valence-electron chi connectivity index (χ2n) is 2.38. The summed E-state index contributed by atoms with van der Waals surface area (Å²) in [4.78, 5) is 10.5. The minimum atomic E-state index is -1.64. The first kappa shape index (κ1) is 10.9. The van der Waals surface area contributed by atoms with Crippen LogP contribution in [0.3, 0.4) is 0 Å². The molecule has 1 atom stereocenters. The van der Waals surface area contributed by atoms with Crippen molar-refractivity contribution in [3.63, 3.8) is 0 Å². The van der Waals surface area contributed by atoms with Gasteiger partial charge < -0.3 is 14.1 Å². The second kappa shape index (κ2) is 6.56. The Labute approximate surface area is 67.9 Å². The van der Waals surface area contributed by atoms with Crippen LogP contribution in [0, 0.1) is 0 Å². The molecule has 0 aromatic rings. The summed E-state index contributed by atoms with van der Waals surface area (Å²) in [7, 11) is -1.64. The van der Waals surface area contributed by atoms with Crippen LogP contribution in [-0.2, 0) is 14.1 Å². The van der Waals surface area contributed by atoms with Crippen LogP contribution < -0.4 is 0 Å². The number of Topliss-reactive ketones (excluding diaryl/α,β-unsaturated/α-hetero) is 1. The van der Waals surface area contributed by atoms with E-state index < -0.39 is 7.80 Å². The first-order valence-electron chi connectivity index (χ1n) is 3.75. The molecule has 0 radical (unpaired) electrons. The van der Waals surface area contributed by atoms with Gasteiger partial charge in [0.1, 0.15) is 13.6 Å². The van der Waals surface area contributed by atoms with Gasteiger partial charge in [0.05, 0.1) is 6.35 Å². The first-order chi connectivity index (χ1) is 5.16. The number of hydrogen-bond acceptors (Lipinski definition) is 3. The van der Waals surface area contributed by atoms with Crippen molar-refractivity contribution in [2.45, 2.75) is 20.3 Å². The monoisotopic (exact) mass is 178 g/mol. The highest BCUT2D eigenvalue weighted by Gasteiger charge is 2.00. The van der Waals surface area contributed by atoms with E-state index in [-0.39, 0.29) is 5.78 Å². The van der Waals surface area contributed by atoms with Gasteiger partial charge in [-0.3, -0.25) is 0 Å². The van der Waals surface area contributed by atoms with E-state index in [9.17, 15) is 9.36 Å². The third kappa shape index (κ3) is 7.76. The molecular weight excluding hydrogens is 163 g/mol. The SMILES string of the molecule is CCOC[PH](=O)CCC(C)=O. The number of ether oxygens (including phenoxy) is 1. The van der Waals surface area contributed by atoms with E-state index in [1.807, 2.05) is 6.92 Å². The van der Waals surface area contributed by atoms with E-state index in [0.717, 1.165) is 0 Å². The van der Waals surface area contributed by atoms with Crippen molar-refractivity contribution in [1.82, 2.24) is 0 Å². The Morgan fingerprint density at radius 3 is 2.64 bits per heavy atom. The van der Waals surface area contributed by atoms with Gasteiger partial charge in [0.25, 0.3) is 0 Å². The minimum Gasteiger partial charge on any atom is -0.374 e. The Morgan fingerprint density at radius 2 is 2.18 bits per heavy atom. The Kier molecular flexibility index (Phi) is 6.48. The first-order valence-corrected chi connectivity index (χ1v) is 5.58. The lowest BCUT2D eigenvalue weighted by molar-refractivity contribution is -0.116. The second-order valence-corrected chi connectivity index (χ2v) is 4.24. The summed E-state index contributed by atoms with van der Waals surface area (Å²) in [5, 5.41) is 0. The molecule has 0 aromatic carbocycles. The lowest BCUT2D eigenvalue weighted by atomic mass is 10.4. The van der Waals surface area contributed by atoms with Crippen LogP contribution in [0.5, 0.6) is 0 Å². The Hall–Kier alpha value is -0.140. The van der Waals surface area contributed by atoms with Gasteiger partial charge in [0, 0.05) is 19.2 Å². The molecule has 0 aliphatic carbocycles. The fourth-order valence-electron chi connectivity index (χ4n) is 0.604. The van der Waals surface area contributed by atoms with Gasteiger partial charge in [-0.15, -0.1) is 0 Å². The lowest BCUT2D eigenvalue weighted by Gasteiger charge is -1.99. The molecular formula is C7H15O3P. The number of ketones is 1. The lowest BCUT2D eigenvalue weighted by Crippen LogP contribution is -1.95. The predicted octanol–water partition coefficient (Wildman–Crippen LogP) is 1.52. The molecule has 0 amide bonds. The van der Waals surface area contributed by atoms with E-state index in [1.165, 1.54) is 6.92 Å². The maximum Gasteiger partial charge on any atom is 0.130 e. The van der Waals surface area contributed by atoms with Gasteiger partial charge in [-0.25, -0.2) is 0 Å². The van der Waals surface area contributed by atoms with E-state index in [4.69, 9.17) is 4.74 Å². The highest BCUT2D eigenvalue weighted by atomic mass is 31.1. The van der Waals surface area contributed by atoms with Gasteiger partial charge in [0.2, 0.25) is 0 Å². The molecule has 0 aromatic heterocycles. The van der Waals surface area contributed by atoms with Crippen LogP contribution >= 0.6 is 7.80 Å². The van der Waals surface area contributed by atoms with Gasteiger partial charge in [0.15, 0.2) is 0 Å². The largest absolute Gasteiger partial charge is 0.374 e. The molecule has 0 fully saturated rings. The summed E-state index contributed by atoms with van der Waals surface area (Å²) < 4.78 is 16.0. The fourth-order valence-corrected chi connectivity index (χ4v) is 1.81. The maximum atomic E-state index is 11.0. The molecule has 0 aliphatic heterocycles.